The molecule has 0 bridgehead atoms. The summed E-state index contributed by atoms with van der Waals surface area (Å²) in [4.78, 5) is 24.6. The van der Waals surface area contributed by atoms with Crippen LogP contribution in [0.25, 0.3) is 11.1 Å². The quantitative estimate of drug-likeness (QED) is 0.744. The average molecular weight is 352 g/mol. The number of primary amides is 1. The Morgan fingerprint density at radius 1 is 1.04 bits per heavy atom. The predicted octanol–water partition coefficient (Wildman–Crippen LogP) is 2.18. The minimum absolute atomic E-state index is 0.163. The minimum Gasteiger partial charge on any atom is -0.383 e. The lowest BCUT2D eigenvalue weighted by atomic mass is 9.88. The summed E-state index contributed by atoms with van der Waals surface area (Å²) in [6.45, 7) is 3.84. The van der Waals surface area contributed by atoms with Crippen molar-refractivity contribution in [2.24, 2.45) is 11.7 Å². The Labute approximate surface area is 153 Å². The molecule has 4 N–H and O–H groups in total. The molecule has 1 aliphatic carbocycles. The van der Waals surface area contributed by atoms with Crippen LogP contribution in [-0.2, 0) is 9.59 Å². The number of rotatable bonds is 6. The molecule has 2 aromatic rings. The molecule has 2 aromatic carbocycles. The molecule has 3 rings (SSSR count). The third-order valence-electron chi connectivity index (χ3n) is 4.82. The fourth-order valence-electron chi connectivity index (χ4n) is 3.68. The Morgan fingerprint density at radius 3 is 2.00 bits per heavy atom. The molecule has 2 amide bonds. The van der Waals surface area contributed by atoms with E-state index in [-0.39, 0.29) is 11.8 Å². The van der Waals surface area contributed by atoms with E-state index in [1.807, 2.05) is 62.4 Å². The monoisotopic (exact) mass is 352 g/mol. The second kappa shape index (κ2) is 7.30. The van der Waals surface area contributed by atoms with E-state index in [0.717, 1.165) is 22.3 Å². The Hall–Kier alpha value is -2.66. The van der Waals surface area contributed by atoms with Crippen molar-refractivity contribution in [3.8, 4) is 11.1 Å². The summed E-state index contributed by atoms with van der Waals surface area (Å²) in [6, 6.07) is 14.7. The van der Waals surface area contributed by atoms with E-state index < -0.39 is 24.0 Å². The van der Waals surface area contributed by atoms with Crippen LogP contribution in [0.3, 0.4) is 0 Å². The average Bonchev–Trinajstić information content (AvgIpc) is 2.93. The van der Waals surface area contributed by atoms with Gasteiger partial charge in [-0.2, -0.15) is 0 Å². The number of fused-ring (bicyclic) bond motifs is 3. The zero-order valence-corrected chi connectivity index (χ0v) is 15.0. The number of benzene rings is 2. The van der Waals surface area contributed by atoms with Gasteiger partial charge in [0, 0.05) is 5.92 Å². The minimum atomic E-state index is -1.16. The largest absolute Gasteiger partial charge is 0.383 e. The van der Waals surface area contributed by atoms with Crippen LogP contribution in [0.5, 0.6) is 0 Å². The molecule has 0 radical (unpaired) electrons. The van der Waals surface area contributed by atoms with Gasteiger partial charge in [0.05, 0.1) is 0 Å². The molecule has 26 heavy (non-hydrogen) atoms. The smallest absolute Gasteiger partial charge is 0.249 e. The first-order chi connectivity index (χ1) is 12.4. The van der Waals surface area contributed by atoms with Crippen molar-refractivity contribution in [3.05, 3.63) is 59.7 Å². The summed E-state index contributed by atoms with van der Waals surface area (Å²) in [5, 5.41) is 12.8. The van der Waals surface area contributed by atoms with Crippen LogP contribution in [0.2, 0.25) is 0 Å². The SMILES string of the molecule is CC(C)C[C@@H](O)C(=O)N[C@@H](C(N)=O)C1c2ccccc2-c2ccccc21. The Morgan fingerprint density at radius 2 is 1.54 bits per heavy atom. The molecule has 5 nitrogen and oxygen atoms in total. The maximum absolute atomic E-state index is 12.4. The number of nitrogens with two attached hydrogens (primary N) is 1. The van der Waals surface area contributed by atoms with E-state index in [2.05, 4.69) is 5.32 Å². The molecule has 2 atom stereocenters. The zero-order valence-electron chi connectivity index (χ0n) is 15.0. The van der Waals surface area contributed by atoms with Crippen molar-refractivity contribution in [1.82, 2.24) is 5.32 Å². The highest BCUT2D eigenvalue weighted by molar-refractivity contribution is 5.92. The van der Waals surface area contributed by atoms with Crippen molar-refractivity contribution < 1.29 is 14.7 Å². The molecule has 0 unspecified atom stereocenters. The lowest BCUT2D eigenvalue weighted by molar-refractivity contribution is -0.134. The summed E-state index contributed by atoms with van der Waals surface area (Å²) in [7, 11) is 0. The lowest BCUT2D eigenvalue weighted by Crippen LogP contribution is -2.51. The first kappa shape index (κ1) is 18.1. The van der Waals surface area contributed by atoms with Gasteiger partial charge in [-0.25, -0.2) is 0 Å². The fourth-order valence-corrected chi connectivity index (χ4v) is 3.68. The van der Waals surface area contributed by atoms with Gasteiger partial charge >= 0.3 is 0 Å². The molecule has 0 heterocycles. The molecule has 0 aliphatic heterocycles. The van der Waals surface area contributed by atoms with E-state index in [4.69, 9.17) is 5.73 Å². The standard InChI is InChI=1S/C21H24N2O3/c1-12(2)11-17(24)21(26)23-19(20(22)25)18-15-9-5-3-7-13(15)14-8-4-6-10-16(14)18/h3-10,12,17-19,24H,11H2,1-2H3,(H2,22,25)(H,23,26)/t17-,19-/m1/s1. The van der Waals surface area contributed by atoms with Gasteiger partial charge in [-0.1, -0.05) is 62.4 Å². The topological polar surface area (TPSA) is 92.4 Å². The van der Waals surface area contributed by atoms with Gasteiger partial charge in [0.15, 0.2) is 0 Å². The maximum atomic E-state index is 12.4. The molecule has 0 saturated heterocycles. The van der Waals surface area contributed by atoms with Crippen molar-refractivity contribution in [1.29, 1.82) is 0 Å². The zero-order chi connectivity index (χ0) is 18.8. The number of aliphatic hydroxyl groups excluding tert-OH is 1. The van der Waals surface area contributed by atoms with Crippen LogP contribution in [-0.4, -0.2) is 29.1 Å². The van der Waals surface area contributed by atoms with Gasteiger partial charge < -0.3 is 16.2 Å². The molecule has 1 aliphatic rings. The Kier molecular flexibility index (Phi) is 5.09. The normalized spacial score (nSPS) is 15.2. The Bertz CT molecular complexity index is 786. The first-order valence-corrected chi connectivity index (χ1v) is 8.86. The molecule has 0 spiro atoms. The molecule has 136 valence electrons. The second-order valence-corrected chi connectivity index (χ2v) is 7.19. The highest BCUT2D eigenvalue weighted by Crippen LogP contribution is 2.46. The second-order valence-electron chi connectivity index (χ2n) is 7.19. The van der Waals surface area contributed by atoms with Crippen molar-refractivity contribution in [3.63, 3.8) is 0 Å². The summed E-state index contributed by atoms with van der Waals surface area (Å²) in [5.74, 6) is -1.39. The van der Waals surface area contributed by atoms with Crippen molar-refractivity contribution in [2.75, 3.05) is 0 Å². The number of hydrogen-bond donors (Lipinski definition) is 3. The predicted molar refractivity (Wildman–Crippen MR) is 100 cm³/mol. The molecular formula is C21H24N2O3. The molecule has 0 aromatic heterocycles. The third-order valence-corrected chi connectivity index (χ3v) is 4.82. The van der Waals surface area contributed by atoms with E-state index in [0.29, 0.717) is 6.42 Å². The van der Waals surface area contributed by atoms with Gasteiger partial charge in [-0.05, 0) is 34.6 Å². The number of nitrogens with one attached hydrogen (secondary N) is 1. The number of amides is 2. The summed E-state index contributed by atoms with van der Waals surface area (Å²) < 4.78 is 0. The number of aliphatic hydroxyl groups is 1. The third kappa shape index (κ3) is 3.35. The van der Waals surface area contributed by atoms with Crippen LogP contribution in [0.15, 0.2) is 48.5 Å². The van der Waals surface area contributed by atoms with E-state index >= 15 is 0 Å². The lowest BCUT2D eigenvalue weighted by Gasteiger charge is -2.25. The van der Waals surface area contributed by atoms with Crippen LogP contribution >= 0.6 is 0 Å². The highest BCUT2D eigenvalue weighted by Gasteiger charge is 2.38. The van der Waals surface area contributed by atoms with Gasteiger partial charge in [0.2, 0.25) is 11.8 Å². The van der Waals surface area contributed by atoms with E-state index in [9.17, 15) is 14.7 Å². The number of carbonyl (C=O) groups is 2. The van der Waals surface area contributed by atoms with Gasteiger partial charge in [0.1, 0.15) is 12.1 Å². The molecule has 0 fully saturated rings. The van der Waals surface area contributed by atoms with Crippen LogP contribution < -0.4 is 11.1 Å². The van der Waals surface area contributed by atoms with Crippen LogP contribution in [0, 0.1) is 5.92 Å². The van der Waals surface area contributed by atoms with Crippen molar-refractivity contribution >= 4 is 11.8 Å². The maximum Gasteiger partial charge on any atom is 0.249 e. The summed E-state index contributed by atoms with van der Waals surface area (Å²) in [6.07, 6.45) is -0.835. The van der Waals surface area contributed by atoms with Gasteiger partial charge in [-0.15, -0.1) is 0 Å². The first-order valence-electron chi connectivity index (χ1n) is 8.86. The van der Waals surface area contributed by atoms with Crippen molar-refractivity contribution in [2.45, 2.75) is 38.3 Å². The Balaban J connectivity index is 1.96. The number of carbonyl (C=O) groups excluding carboxylic acids is 2. The highest BCUT2D eigenvalue weighted by atomic mass is 16.3. The number of hydrogen-bond acceptors (Lipinski definition) is 3. The molecule has 5 heteroatoms. The summed E-state index contributed by atoms with van der Waals surface area (Å²) in [5.41, 5.74) is 9.63. The summed E-state index contributed by atoms with van der Waals surface area (Å²) >= 11 is 0. The van der Waals surface area contributed by atoms with Crippen LogP contribution in [0.4, 0.5) is 0 Å². The van der Waals surface area contributed by atoms with Gasteiger partial charge in [0.25, 0.3) is 0 Å². The molecule has 0 saturated carbocycles. The fraction of sp³-hybridized carbons (Fsp3) is 0.333. The van der Waals surface area contributed by atoms with Crippen LogP contribution in [0.1, 0.15) is 37.3 Å². The molecular weight excluding hydrogens is 328 g/mol. The van der Waals surface area contributed by atoms with Gasteiger partial charge in [-0.3, -0.25) is 9.59 Å². The van der Waals surface area contributed by atoms with E-state index in [1.54, 1.807) is 0 Å². The van der Waals surface area contributed by atoms with E-state index in [1.165, 1.54) is 0 Å².